The third-order valence-corrected chi connectivity index (χ3v) is 5.82. The van der Waals surface area contributed by atoms with Crippen LogP contribution in [0.1, 0.15) is 49.1 Å². The maximum atomic E-state index is 11.2. The number of benzene rings is 1. The largest absolute Gasteiger partial charge is 0.385 e. The predicted molar refractivity (Wildman–Crippen MR) is 110 cm³/mol. The Morgan fingerprint density at radius 1 is 1.44 bits per heavy atom. The van der Waals surface area contributed by atoms with Gasteiger partial charge >= 0.3 is 0 Å². The number of carbonyl (C=O) groups excluding carboxylic acids is 1. The first-order valence-electron chi connectivity index (χ1n) is 9.77. The van der Waals surface area contributed by atoms with E-state index < -0.39 is 0 Å². The summed E-state index contributed by atoms with van der Waals surface area (Å²) in [5.74, 6) is 0.803. The molecule has 0 bridgehead atoms. The average molecular weight is 370 g/mol. The standard InChI is InChI=1S/C13H17NO.C8H14N4/c1-3-10-4-5-12-11(8-10)13(2,9-15)6-7-14-12;1-12-8(10)6-3-2-5(9)4-7(6)11-12/h4-5,8-9,14H,3,6-7H2,1-2H3;5H,2-4,9-10H2,1H3. The van der Waals surface area contributed by atoms with E-state index in [4.69, 9.17) is 11.5 Å². The number of aldehydes is 1. The van der Waals surface area contributed by atoms with Gasteiger partial charge in [0.05, 0.1) is 11.1 Å². The van der Waals surface area contributed by atoms with Gasteiger partial charge in [0.25, 0.3) is 0 Å². The van der Waals surface area contributed by atoms with Crippen molar-refractivity contribution in [1.29, 1.82) is 0 Å². The Morgan fingerprint density at radius 2 is 2.22 bits per heavy atom. The van der Waals surface area contributed by atoms with Crippen molar-refractivity contribution in [3.63, 3.8) is 0 Å². The summed E-state index contributed by atoms with van der Waals surface area (Å²) in [4.78, 5) is 11.2. The molecule has 2 atom stereocenters. The lowest BCUT2D eigenvalue weighted by Crippen LogP contribution is -2.32. The van der Waals surface area contributed by atoms with Crippen LogP contribution in [0, 0.1) is 0 Å². The van der Waals surface area contributed by atoms with Crippen molar-refractivity contribution >= 4 is 17.8 Å². The fourth-order valence-electron chi connectivity index (χ4n) is 3.91. The minimum absolute atomic E-state index is 0.270. The van der Waals surface area contributed by atoms with E-state index in [0.717, 1.165) is 67.7 Å². The minimum atomic E-state index is -0.300. The molecule has 27 heavy (non-hydrogen) atoms. The second-order valence-electron chi connectivity index (χ2n) is 7.88. The summed E-state index contributed by atoms with van der Waals surface area (Å²) in [6, 6.07) is 6.65. The Labute approximate surface area is 161 Å². The van der Waals surface area contributed by atoms with Crippen LogP contribution in [0.25, 0.3) is 0 Å². The van der Waals surface area contributed by atoms with E-state index in [2.05, 4.69) is 35.5 Å². The molecule has 0 fully saturated rings. The van der Waals surface area contributed by atoms with Gasteiger partial charge < -0.3 is 21.6 Å². The van der Waals surface area contributed by atoms with Crippen molar-refractivity contribution in [2.24, 2.45) is 12.8 Å². The molecule has 2 aromatic rings. The van der Waals surface area contributed by atoms with Crippen LogP contribution in [0.5, 0.6) is 0 Å². The molecule has 146 valence electrons. The molecule has 1 aromatic carbocycles. The second kappa shape index (κ2) is 7.72. The van der Waals surface area contributed by atoms with Crippen molar-refractivity contribution in [1.82, 2.24) is 9.78 Å². The highest BCUT2D eigenvalue weighted by molar-refractivity contribution is 5.75. The molecule has 0 saturated heterocycles. The Morgan fingerprint density at radius 3 is 2.93 bits per heavy atom. The number of aromatic nitrogens is 2. The van der Waals surface area contributed by atoms with Crippen molar-refractivity contribution < 1.29 is 4.79 Å². The van der Waals surface area contributed by atoms with E-state index in [-0.39, 0.29) is 11.5 Å². The highest BCUT2D eigenvalue weighted by atomic mass is 16.1. The average Bonchev–Trinajstić information content (AvgIpc) is 2.95. The van der Waals surface area contributed by atoms with E-state index in [1.807, 2.05) is 14.0 Å². The topological polar surface area (TPSA) is 99.0 Å². The Bertz CT molecular complexity index is 828. The van der Waals surface area contributed by atoms with Crippen molar-refractivity contribution in [3.05, 3.63) is 40.6 Å². The molecule has 2 aliphatic rings. The Hall–Kier alpha value is -2.34. The summed E-state index contributed by atoms with van der Waals surface area (Å²) in [6.45, 7) is 5.04. The number of anilines is 2. The molecule has 0 radical (unpaired) electrons. The van der Waals surface area contributed by atoms with Gasteiger partial charge in [-0.15, -0.1) is 0 Å². The molecular formula is C21H31N5O. The van der Waals surface area contributed by atoms with Gasteiger partial charge in [0, 0.05) is 37.3 Å². The smallest absolute Gasteiger partial charge is 0.130 e. The van der Waals surface area contributed by atoms with Crippen LogP contribution >= 0.6 is 0 Å². The number of hydrogen-bond donors (Lipinski definition) is 3. The normalized spacial score (nSPS) is 23.3. The zero-order valence-electron chi connectivity index (χ0n) is 16.6. The minimum Gasteiger partial charge on any atom is -0.385 e. The van der Waals surface area contributed by atoms with E-state index >= 15 is 0 Å². The van der Waals surface area contributed by atoms with Gasteiger partial charge in [-0.25, -0.2) is 0 Å². The van der Waals surface area contributed by atoms with Gasteiger partial charge in [0.1, 0.15) is 12.1 Å². The first kappa shape index (κ1) is 19.4. The van der Waals surface area contributed by atoms with Gasteiger partial charge in [-0.05, 0) is 49.8 Å². The number of nitrogens with zero attached hydrogens (tertiary/aromatic N) is 2. The number of hydrogen-bond acceptors (Lipinski definition) is 5. The van der Waals surface area contributed by atoms with Gasteiger partial charge in [0.2, 0.25) is 0 Å². The van der Waals surface area contributed by atoms with E-state index in [1.165, 1.54) is 11.1 Å². The maximum absolute atomic E-state index is 11.2. The lowest BCUT2D eigenvalue weighted by molar-refractivity contribution is -0.112. The number of nitrogen functional groups attached to an aromatic ring is 1. The summed E-state index contributed by atoms with van der Waals surface area (Å²) in [7, 11) is 1.87. The van der Waals surface area contributed by atoms with Crippen LogP contribution in [0.3, 0.4) is 0 Å². The summed E-state index contributed by atoms with van der Waals surface area (Å²) in [5.41, 5.74) is 17.2. The first-order chi connectivity index (χ1) is 12.9. The van der Waals surface area contributed by atoms with Gasteiger partial charge in [0.15, 0.2) is 0 Å². The van der Waals surface area contributed by atoms with E-state index in [9.17, 15) is 4.79 Å². The molecule has 2 unspecified atom stereocenters. The number of nitrogens with two attached hydrogens (primary N) is 2. The van der Waals surface area contributed by atoms with Gasteiger partial charge in [-0.3, -0.25) is 4.68 Å². The molecule has 0 spiro atoms. The van der Waals surface area contributed by atoms with Crippen LogP contribution in [0.15, 0.2) is 18.2 Å². The summed E-state index contributed by atoms with van der Waals surface area (Å²) in [6.07, 6.45) is 5.88. The molecule has 6 nitrogen and oxygen atoms in total. The summed E-state index contributed by atoms with van der Waals surface area (Å²) < 4.78 is 1.74. The quantitative estimate of drug-likeness (QED) is 0.706. The number of rotatable bonds is 2. The molecule has 2 heterocycles. The van der Waals surface area contributed by atoms with Crippen LogP contribution in [0.2, 0.25) is 0 Å². The highest BCUT2D eigenvalue weighted by Gasteiger charge is 2.31. The lowest BCUT2D eigenvalue weighted by Gasteiger charge is -2.32. The molecule has 6 heteroatoms. The maximum Gasteiger partial charge on any atom is 0.130 e. The van der Waals surface area contributed by atoms with Gasteiger partial charge in [-0.1, -0.05) is 19.1 Å². The molecule has 0 amide bonds. The summed E-state index contributed by atoms with van der Waals surface area (Å²) in [5, 5.41) is 7.66. The molecule has 5 N–H and O–H groups in total. The zero-order valence-corrected chi connectivity index (χ0v) is 16.6. The Balaban J connectivity index is 0.000000159. The zero-order chi connectivity index (χ0) is 19.6. The molecule has 4 rings (SSSR count). The highest BCUT2D eigenvalue weighted by Crippen LogP contribution is 2.36. The fraction of sp³-hybridized carbons (Fsp3) is 0.524. The first-order valence-corrected chi connectivity index (χ1v) is 9.77. The molecule has 1 aromatic heterocycles. The predicted octanol–water partition coefficient (Wildman–Crippen LogP) is 2.34. The van der Waals surface area contributed by atoms with Crippen LogP contribution in [-0.4, -0.2) is 28.7 Å². The van der Waals surface area contributed by atoms with Crippen LogP contribution < -0.4 is 16.8 Å². The second-order valence-corrected chi connectivity index (χ2v) is 7.88. The Kier molecular flexibility index (Phi) is 5.56. The molecule has 0 saturated carbocycles. The van der Waals surface area contributed by atoms with Gasteiger partial charge in [-0.2, -0.15) is 5.10 Å². The molecular weight excluding hydrogens is 338 g/mol. The number of nitrogens with one attached hydrogen (secondary N) is 1. The monoisotopic (exact) mass is 369 g/mol. The van der Waals surface area contributed by atoms with Crippen molar-refractivity contribution in [2.75, 3.05) is 17.6 Å². The van der Waals surface area contributed by atoms with E-state index in [1.54, 1.807) is 4.68 Å². The SMILES string of the molecule is CCc1ccc2c(c1)C(C)(C=O)CCN2.Cn1nc2c(c1N)CCC(N)C2. The lowest BCUT2D eigenvalue weighted by atomic mass is 9.77. The summed E-state index contributed by atoms with van der Waals surface area (Å²) >= 11 is 0. The number of aryl methyl sites for hydroxylation is 2. The number of carbonyl (C=O) groups is 1. The van der Waals surface area contributed by atoms with Crippen LogP contribution in [0.4, 0.5) is 11.5 Å². The third kappa shape index (κ3) is 3.86. The fourth-order valence-corrected chi connectivity index (χ4v) is 3.91. The van der Waals surface area contributed by atoms with Crippen LogP contribution in [-0.2, 0) is 36.5 Å². The van der Waals surface area contributed by atoms with Crippen molar-refractivity contribution in [3.8, 4) is 0 Å². The molecule has 1 aliphatic heterocycles. The van der Waals surface area contributed by atoms with E-state index in [0.29, 0.717) is 0 Å². The van der Waals surface area contributed by atoms with Crippen molar-refractivity contribution in [2.45, 2.75) is 57.4 Å². The third-order valence-electron chi connectivity index (χ3n) is 5.82. The molecule has 1 aliphatic carbocycles. The number of fused-ring (bicyclic) bond motifs is 2.